The third kappa shape index (κ3) is 7.29. The molecule has 0 atom stereocenters. The number of carbonyl (C=O) groups is 3. The van der Waals surface area contributed by atoms with E-state index in [9.17, 15) is 14.4 Å². The number of hydrogen-bond donors (Lipinski definition) is 3. The Balaban J connectivity index is 1.81. The SMILES string of the molecule is CCc1ccccc1NC(=O)COC(=O)c1ccc(CNC(=O)NC(C)C)cc1. The summed E-state index contributed by atoms with van der Waals surface area (Å²) in [7, 11) is 0. The summed E-state index contributed by atoms with van der Waals surface area (Å²) in [5, 5.41) is 8.22. The van der Waals surface area contributed by atoms with E-state index in [2.05, 4.69) is 16.0 Å². The molecule has 154 valence electrons. The number of ether oxygens (including phenoxy) is 1. The second-order valence-electron chi connectivity index (χ2n) is 6.81. The highest BCUT2D eigenvalue weighted by molar-refractivity contribution is 5.95. The van der Waals surface area contributed by atoms with Gasteiger partial charge in [0.15, 0.2) is 6.61 Å². The van der Waals surface area contributed by atoms with Gasteiger partial charge >= 0.3 is 12.0 Å². The maximum Gasteiger partial charge on any atom is 0.338 e. The zero-order valence-corrected chi connectivity index (χ0v) is 17.0. The van der Waals surface area contributed by atoms with Crippen molar-refractivity contribution >= 4 is 23.6 Å². The van der Waals surface area contributed by atoms with Gasteiger partial charge in [-0.2, -0.15) is 0 Å². The Kier molecular flexibility index (Phi) is 8.21. The van der Waals surface area contributed by atoms with E-state index in [0.29, 0.717) is 12.1 Å². The van der Waals surface area contributed by atoms with Crippen molar-refractivity contribution in [2.75, 3.05) is 11.9 Å². The number of urea groups is 1. The third-order valence-electron chi connectivity index (χ3n) is 4.07. The zero-order chi connectivity index (χ0) is 21.2. The molecule has 7 heteroatoms. The van der Waals surface area contributed by atoms with Crippen LogP contribution in [0, 0.1) is 0 Å². The van der Waals surface area contributed by atoms with Gasteiger partial charge in [0.1, 0.15) is 0 Å². The van der Waals surface area contributed by atoms with E-state index in [1.807, 2.05) is 45.0 Å². The van der Waals surface area contributed by atoms with Crippen LogP contribution in [0.25, 0.3) is 0 Å². The van der Waals surface area contributed by atoms with Crippen LogP contribution in [0.4, 0.5) is 10.5 Å². The molecule has 29 heavy (non-hydrogen) atoms. The molecule has 2 aromatic rings. The molecule has 0 fully saturated rings. The van der Waals surface area contributed by atoms with E-state index in [0.717, 1.165) is 23.2 Å². The van der Waals surface area contributed by atoms with Gasteiger partial charge in [-0.3, -0.25) is 4.79 Å². The summed E-state index contributed by atoms with van der Waals surface area (Å²) in [5.74, 6) is -0.975. The summed E-state index contributed by atoms with van der Waals surface area (Å²) in [6.07, 6.45) is 0.788. The highest BCUT2D eigenvalue weighted by atomic mass is 16.5. The molecule has 0 aliphatic carbocycles. The number of anilines is 1. The van der Waals surface area contributed by atoms with E-state index in [1.165, 1.54) is 0 Å². The number of amides is 3. The van der Waals surface area contributed by atoms with Crippen LogP contribution in [0.2, 0.25) is 0 Å². The number of benzene rings is 2. The first kappa shape index (κ1) is 21.9. The van der Waals surface area contributed by atoms with E-state index in [1.54, 1.807) is 24.3 Å². The second kappa shape index (κ2) is 10.8. The predicted molar refractivity (Wildman–Crippen MR) is 112 cm³/mol. The van der Waals surface area contributed by atoms with Crippen molar-refractivity contribution in [1.82, 2.24) is 10.6 Å². The topological polar surface area (TPSA) is 96.5 Å². The summed E-state index contributed by atoms with van der Waals surface area (Å²) >= 11 is 0. The number of para-hydroxylation sites is 1. The van der Waals surface area contributed by atoms with E-state index < -0.39 is 11.9 Å². The minimum absolute atomic E-state index is 0.0554. The summed E-state index contributed by atoms with van der Waals surface area (Å²) in [5.41, 5.74) is 2.91. The molecule has 3 amide bonds. The minimum Gasteiger partial charge on any atom is -0.452 e. The molecule has 0 spiro atoms. The average molecular weight is 397 g/mol. The molecule has 7 nitrogen and oxygen atoms in total. The molecular formula is C22H27N3O4. The summed E-state index contributed by atoms with van der Waals surface area (Å²) in [4.78, 5) is 35.8. The van der Waals surface area contributed by atoms with Crippen LogP contribution in [0.5, 0.6) is 0 Å². The Morgan fingerprint density at radius 1 is 1.00 bits per heavy atom. The van der Waals surface area contributed by atoms with Crippen LogP contribution in [0.3, 0.4) is 0 Å². The number of nitrogens with one attached hydrogen (secondary N) is 3. The average Bonchev–Trinajstić information content (AvgIpc) is 2.71. The van der Waals surface area contributed by atoms with Crippen molar-refractivity contribution in [2.45, 2.75) is 39.8 Å². The fourth-order valence-electron chi connectivity index (χ4n) is 2.61. The van der Waals surface area contributed by atoms with Crippen molar-refractivity contribution < 1.29 is 19.1 Å². The fourth-order valence-corrected chi connectivity index (χ4v) is 2.61. The summed E-state index contributed by atoms with van der Waals surface area (Å²) in [6, 6.07) is 14.0. The molecule has 0 aliphatic heterocycles. The molecule has 0 heterocycles. The van der Waals surface area contributed by atoms with Crippen LogP contribution in [0.1, 0.15) is 42.3 Å². The molecule has 2 rings (SSSR count). The maximum atomic E-state index is 12.1. The standard InChI is InChI=1S/C22H27N3O4/c1-4-17-7-5-6-8-19(17)25-20(26)14-29-21(27)18-11-9-16(10-12-18)13-23-22(28)24-15(2)3/h5-12,15H,4,13-14H2,1-3H3,(H,25,26)(H2,23,24,28). The van der Waals surface area contributed by atoms with Gasteiger partial charge in [-0.15, -0.1) is 0 Å². The molecule has 0 bridgehead atoms. The Morgan fingerprint density at radius 2 is 1.69 bits per heavy atom. The number of esters is 1. The van der Waals surface area contributed by atoms with Crippen LogP contribution in [0.15, 0.2) is 48.5 Å². The van der Waals surface area contributed by atoms with Crippen molar-refractivity contribution in [3.63, 3.8) is 0 Å². The second-order valence-corrected chi connectivity index (χ2v) is 6.81. The number of aryl methyl sites for hydroxylation is 1. The maximum absolute atomic E-state index is 12.1. The van der Waals surface area contributed by atoms with Gasteiger partial charge in [-0.05, 0) is 49.6 Å². The largest absolute Gasteiger partial charge is 0.452 e. The highest BCUT2D eigenvalue weighted by Gasteiger charge is 2.12. The molecular weight excluding hydrogens is 370 g/mol. The van der Waals surface area contributed by atoms with E-state index >= 15 is 0 Å². The Hall–Kier alpha value is -3.35. The van der Waals surface area contributed by atoms with Crippen LogP contribution < -0.4 is 16.0 Å². The molecule has 0 radical (unpaired) electrons. The molecule has 2 aromatic carbocycles. The van der Waals surface area contributed by atoms with Gasteiger partial charge in [-0.1, -0.05) is 37.3 Å². The lowest BCUT2D eigenvalue weighted by Crippen LogP contribution is -2.39. The Morgan fingerprint density at radius 3 is 2.34 bits per heavy atom. The minimum atomic E-state index is -0.582. The van der Waals surface area contributed by atoms with Crippen molar-refractivity contribution in [3.8, 4) is 0 Å². The zero-order valence-electron chi connectivity index (χ0n) is 17.0. The molecule has 0 aliphatic rings. The lowest BCUT2D eigenvalue weighted by atomic mass is 10.1. The normalized spacial score (nSPS) is 10.3. The first-order valence-corrected chi connectivity index (χ1v) is 9.57. The lowest BCUT2D eigenvalue weighted by molar-refractivity contribution is -0.119. The molecule has 0 saturated heterocycles. The Labute approximate surface area is 170 Å². The monoisotopic (exact) mass is 397 g/mol. The number of rotatable bonds is 8. The van der Waals surface area contributed by atoms with Gasteiger partial charge < -0.3 is 20.7 Å². The molecule has 0 aromatic heterocycles. The van der Waals surface area contributed by atoms with Gasteiger partial charge in [0.25, 0.3) is 5.91 Å². The van der Waals surface area contributed by atoms with Gasteiger partial charge in [0.05, 0.1) is 5.56 Å². The number of carbonyl (C=O) groups excluding carboxylic acids is 3. The predicted octanol–water partition coefficient (Wildman–Crippen LogP) is 3.25. The van der Waals surface area contributed by atoms with Gasteiger partial charge in [-0.25, -0.2) is 9.59 Å². The smallest absolute Gasteiger partial charge is 0.338 e. The summed E-state index contributed by atoms with van der Waals surface area (Å²) in [6.45, 7) is 5.73. The first-order chi connectivity index (χ1) is 13.9. The van der Waals surface area contributed by atoms with Crippen molar-refractivity contribution in [2.24, 2.45) is 0 Å². The van der Waals surface area contributed by atoms with Crippen LogP contribution >= 0.6 is 0 Å². The highest BCUT2D eigenvalue weighted by Crippen LogP contribution is 2.15. The third-order valence-corrected chi connectivity index (χ3v) is 4.07. The number of hydrogen-bond acceptors (Lipinski definition) is 4. The molecule has 3 N–H and O–H groups in total. The quantitative estimate of drug-likeness (QED) is 0.596. The van der Waals surface area contributed by atoms with Crippen molar-refractivity contribution in [3.05, 3.63) is 65.2 Å². The fraction of sp³-hybridized carbons (Fsp3) is 0.318. The van der Waals surface area contributed by atoms with Crippen LogP contribution in [-0.2, 0) is 22.5 Å². The Bertz CT molecular complexity index is 847. The molecule has 0 saturated carbocycles. The first-order valence-electron chi connectivity index (χ1n) is 9.57. The van der Waals surface area contributed by atoms with Crippen LogP contribution in [-0.4, -0.2) is 30.6 Å². The van der Waals surface area contributed by atoms with E-state index in [-0.39, 0.29) is 18.7 Å². The lowest BCUT2D eigenvalue weighted by Gasteiger charge is -2.11. The van der Waals surface area contributed by atoms with E-state index in [4.69, 9.17) is 4.74 Å². The molecule has 0 unspecified atom stereocenters. The summed E-state index contributed by atoms with van der Waals surface area (Å²) < 4.78 is 5.09. The van der Waals surface area contributed by atoms with Gasteiger partial charge in [0, 0.05) is 18.3 Å². The van der Waals surface area contributed by atoms with Gasteiger partial charge in [0.2, 0.25) is 0 Å². The van der Waals surface area contributed by atoms with Crippen molar-refractivity contribution in [1.29, 1.82) is 0 Å².